The highest BCUT2D eigenvalue weighted by atomic mass is 32.2. The Balaban J connectivity index is 3.79. The van der Waals surface area contributed by atoms with Gasteiger partial charge in [-0.25, -0.2) is 0 Å². The van der Waals surface area contributed by atoms with Crippen molar-refractivity contribution in [2.75, 3.05) is 23.0 Å². The largest absolute Gasteiger partial charge is 0.394 e. The van der Waals surface area contributed by atoms with Gasteiger partial charge in [-0.15, -0.1) is 35.3 Å². The first-order chi connectivity index (χ1) is 7.20. The summed E-state index contributed by atoms with van der Waals surface area (Å²) in [6, 6.07) is 4.19. The summed E-state index contributed by atoms with van der Waals surface area (Å²) < 4.78 is 0. The number of thioether (sulfide) groups is 3. The van der Waals surface area contributed by atoms with Crippen LogP contribution in [0, 0.1) is 22.7 Å². The lowest BCUT2D eigenvalue weighted by Crippen LogP contribution is -2.12. The summed E-state index contributed by atoms with van der Waals surface area (Å²) in [5, 5.41) is 17.8. The molecule has 1 atom stereocenters. The Bertz CT molecular complexity index is 267. The highest BCUT2D eigenvalue weighted by Crippen LogP contribution is 2.22. The molecule has 1 unspecified atom stereocenters. The van der Waals surface area contributed by atoms with Crippen LogP contribution in [0.1, 0.15) is 0 Å². The quantitative estimate of drug-likeness (QED) is 0.672. The zero-order valence-electron chi connectivity index (χ0n) is 8.31. The van der Waals surface area contributed by atoms with Crippen molar-refractivity contribution < 1.29 is 0 Å². The van der Waals surface area contributed by atoms with Crippen LogP contribution in [0.4, 0.5) is 0 Å². The Labute approximate surface area is 103 Å². The van der Waals surface area contributed by atoms with E-state index in [1.165, 1.54) is 11.8 Å². The minimum atomic E-state index is 0.355. The summed E-state index contributed by atoms with van der Waals surface area (Å²) in [4.78, 5) is 0. The van der Waals surface area contributed by atoms with E-state index >= 15 is 0 Å². The third kappa shape index (κ3) is 9.86. The molecule has 0 aromatic rings. The van der Waals surface area contributed by atoms with E-state index in [1.807, 2.05) is 0 Å². The van der Waals surface area contributed by atoms with Gasteiger partial charge in [-0.05, 0) is 0 Å². The molecule has 0 aromatic heterocycles. The van der Waals surface area contributed by atoms with Gasteiger partial charge in [0.15, 0.2) is 0 Å². The van der Waals surface area contributed by atoms with Gasteiger partial charge in [0.2, 0.25) is 0 Å². The molecule has 0 aliphatic carbocycles. The second kappa shape index (κ2) is 10.1. The molecule has 0 aliphatic rings. The number of hydrogen-bond acceptors (Lipinski definition) is 6. The third-order valence-electron chi connectivity index (χ3n) is 1.31. The van der Waals surface area contributed by atoms with E-state index < -0.39 is 0 Å². The highest BCUT2D eigenvalue weighted by Gasteiger charge is 2.09. The SMILES string of the molecule is C=C(N)SCC(CSCC#N)SCC#N. The van der Waals surface area contributed by atoms with E-state index in [0.29, 0.717) is 21.8 Å². The number of nitriles is 2. The third-order valence-corrected chi connectivity index (χ3v) is 4.74. The fraction of sp³-hybridized carbons (Fsp3) is 0.556. The molecular weight excluding hydrogens is 246 g/mol. The smallest absolute Gasteiger partial charge is 0.0811 e. The number of hydrogen-bond donors (Lipinski definition) is 1. The molecule has 82 valence electrons. The molecule has 0 bridgehead atoms. The van der Waals surface area contributed by atoms with Crippen molar-refractivity contribution in [1.29, 1.82) is 10.5 Å². The Morgan fingerprint density at radius 3 is 2.47 bits per heavy atom. The summed E-state index contributed by atoms with van der Waals surface area (Å²) in [5.41, 5.74) is 5.46. The van der Waals surface area contributed by atoms with Crippen molar-refractivity contribution in [3.63, 3.8) is 0 Å². The zero-order valence-corrected chi connectivity index (χ0v) is 10.8. The minimum Gasteiger partial charge on any atom is -0.394 e. The predicted molar refractivity (Wildman–Crippen MR) is 70.6 cm³/mol. The van der Waals surface area contributed by atoms with Crippen LogP contribution >= 0.6 is 35.3 Å². The van der Waals surface area contributed by atoms with Crippen LogP contribution in [-0.2, 0) is 0 Å². The predicted octanol–water partition coefficient (Wildman–Crippen LogP) is 2.03. The van der Waals surface area contributed by atoms with Gasteiger partial charge in [-0.2, -0.15) is 10.5 Å². The average molecular weight is 259 g/mol. The normalized spacial score (nSPS) is 11.3. The van der Waals surface area contributed by atoms with E-state index in [1.54, 1.807) is 23.5 Å². The van der Waals surface area contributed by atoms with Crippen LogP contribution in [0.2, 0.25) is 0 Å². The molecule has 3 nitrogen and oxygen atoms in total. The van der Waals surface area contributed by atoms with Crippen molar-refractivity contribution >= 4 is 35.3 Å². The van der Waals surface area contributed by atoms with Crippen molar-refractivity contribution in [3.8, 4) is 12.1 Å². The molecule has 0 rings (SSSR count). The van der Waals surface area contributed by atoms with Crippen LogP contribution < -0.4 is 5.73 Å². The fourth-order valence-corrected chi connectivity index (χ4v) is 3.57. The molecular formula is C9H13N3S3. The summed E-state index contributed by atoms with van der Waals surface area (Å²) in [5.74, 6) is 2.70. The average Bonchev–Trinajstić information content (AvgIpc) is 2.21. The van der Waals surface area contributed by atoms with Gasteiger partial charge < -0.3 is 5.73 Å². The summed E-state index contributed by atoms with van der Waals surface area (Å²) in [6.45, 7) is 3.61. The Morgan fingerprint density at radius 2 is 1.93 bits per heavy atom. The topological polar surface area (TPSA) is 73.6 Å². The lowest BCUT2D eigenvalue weighted by molar-refractivity contribution is 1.15. The van der Waals surface area contributed by atoms with E-state index in [9.17, 15) is 0 Å². The first-order valence-corrected chi connectivity index (χ1v) is 7.40. The first kappa shape index (κ1) is 14.6. The van der Waals surface area contributed by atoms with Crippen LogP contribution in [0.15, 0.2) is 11.6 Å². The first-order valence-electron chi connectivity index (χ1n) is 4.21. The summed E-state index contributed by atoms with van der Waals surface area (Å²) in [6.07, 6.45) is 0. The Morgan fingerprint density at radius 1 is 1.27 bits per heavy atom. The molecule has 6 heteroatoms. The van der Waals surface area contributed by atoms with Crippen LogP contribution in [0.25, 0.3) is 0 Å². The van der Waals surface area contributed by atoms with Gasteiger partial charge in [-0.1, -0.05) is 6.58 Å². The summed E-state index contributed by atoms with van der Waals surface area (Å²) in [7, 11) is 0. The molecule has 0 amide bonds. The van der Waals surface area contributed by atoms with Gasteiger partial charge >= 0.3 is 0 Å². The lowest BCUT2D eigenvalue weighted by Gasteiger charge is -2.13. The zero-order chi connectivity index (χ0) is 11.5. The standard InChI is InChI=1S/C9H13N3S3/c1-8(12)15-7-9(14-5-3-11)6-13-4-2-10/h9H,1,4-7,12H2. The Hall–Kier alpha value is -0.430. The van der Waals surface area contributed by atoms with Crippen LogP contribution in [-0.4, -0.2) is 28.3 Å². The van der Waals surface area contributed by atoms with Crippen molar-refractivity contribution in [2.45, 2.75) is 5.25 Å². The van der Waals surface area contributed by atoms with E-state index in [4.69, 9.17) is 16.3 Å². The number of rotatable bonds is 8. The molecule has 0 aliphatic heterocycles. The maximum absolute atomic E-state index is 8.49. The number of nitrogens with zero attached hydrogens (tertiary/aromatic N) is 2. The van der Waals surface area contributed by atoms with Gasteiger partial charge in [0.05, 0.1) is 28.7 Å². The molecule has 0 saturated heterocycles. The maximum atomic E-state index is 8.49. The highest BCUT2D eigenvalue weighted by molar-refractivity contribution is 8.06. The lowest BCUT2D eigenvalue weighted by atomic mass is 10.5. The molecule has 0 saturated carbocycles. The molecule has 0 fully saturated rings. The van der Waals surface area contributed by atoms with Gasteiger partial charge in [0.1, 0.15) is 0 Å². The maximum Gasteiger partial charge on any atom is 0.0811 e. The molecule has 15 heavy (non-hydrogen) atoms. The van der Waals surface area contributed by atoms with Gasteiger partial charge in [0.25, 0.3) is 0 Å². The second-order valence-electron chi connectivity index (χ2n) is 2.54. The summed E-state index contributed by atoms with van der Waals surface area (Å²) >= 11 is 4.70. The fourth-order valence-electron chi connectivity index (χ4n) is 0.735. The Kier molecular flexibility index (Phi) is 9.81. The monoisotopic (exact) mass is 259 g/mol. The van der Waals surface area contributed by atoms with Gasteiger partial charge in [-0.3, -0.25) is 0 Å². The van der Waals surface area contributed by atoms with Gasteiger partial charge in [0, 0.05) is 16.8 Å². The molecule has 2 N–H and O–H groups in total. The minimum absolute atomic E-state index is 0.355. The molecule has 0 spiro atoms. The van der Waals surface area contributed by atoms with Crippen molar-refractivity contribution in [1.82, 2.24) is 0 Å². The van der Waals surface area contributed by atoms with E-state index in [0.717, 1.165) is 11.5 Å². The van der Waals surface area contributed by atoms with E-state index in [2.05, 4.69) is 18.7 Å². The van der Waals surface area contributed by atoms with Crippen molar-refractivity contribution in [3.05, 3.63) is 11.6 Å². The van der Waals surface area contributed by atoms with E-state index in [-0.39, 0.29) is 0 Å². The van der Waals surface area contributed by atoms with Crippen molar-refractivity contribution in [2.24, 2.45) is 5.73 Å². The molecule has 0 heterocycles. The molecule has 0 aromatic carbocycles. The second-order valence-corrected chi connectivity index (χ2v) is 6.01. The molecule has 0 radical (unpaired) electrons. The number of nitrogens with two attached hydrogens (primary N) is 1. The van der Waals surface area contributed by atoms with Crippen LogP contribution in [0.5, 0.6) is 0 Å². The van der Waals surface area contributed by atoms with Crippen LogP contribution in [0.3, 0.4) is 0 Å².